The molecule has 1 aliphatic rings. The Morgan fingerprint density at radius 1 is 1.23 bits per heavy atom. The van der Waals surface area contributed by atoms with E-state index in [2.05, 4.69) is 29.8 Å². The first-order valence-electron chi connectivity index (χ1n) is 9.23. The molecule has 0 fully saturated rings. The van der Waals surface area contributed by atoms with Gasteiger partial charge in [0.25, 0.3) is 5.91 Å². The van der Waals surface area contributed by atoms with Crippen molar-refractivity contribution in [2.75, 3.05) is 13.7 Å². The third-order valence-corrected chi connectivity index (χ3v) is 5.46. The van der Waals surface area contributed by atoms with Gasteiger partial charge in [0.1, 0.15) is 11.4 Å². The van der Waals surface area contributed by atoms with Crippen molar-refractivity contribution in [1.29, 1.82) is 0 Å². The van der Waals surface area contributed by atoms with Crippen LogP contribution in [0.3, 0.4) is 0 Å². The fraction of sp³-hybridized carbons (Fsp3) is 0.381. The third-order valence-electron chi connectivity index (χ3n) is 5.46. The minimum atomic E-state index is 0.105. The summed E-state index contributed by atoms with van der Waals surface area (Å²) in [6.45, 7) is 3.77. The Bertz CT molecular complexity index is 953. The van der Waals surface area contributed by atoms with Crippen molar-refractivity contribution in [3.05, 3.63) is 54.0 Å². The van der Waals surface area contributed by atoms with E-state index >= 15 is 0 Å². The summed E-state index contributed by atoms with van der Waals surface area (Å²) >= 11 is 0. The number of aromatic nitrogens is 2. The number of benzene rings is 1. The SMILES string of the molecule is CCC[C@H]1c2cccn2CCN1C(=O)c1cc2ccc(OC)cc2n1C. The molecule has 26 heavy (non-hydrogen) atoms. The second kappa shape index (κ2) is 6.56. The van der Waals surface area contributed by atoms with E-state index in [0.717, 1.165) is 48.3 Å². The summed E-state index contributed by atoms with van der Waals surface area (Å²) in [5, 5.41) is 1.06. The second-order valence-electron chi connectivity index (χ2n) is 6.94. The second-order valence-corrected chi connectivity index (χ2v) is 6.94. The van der Waals surface area contributed by atoms with Gasteiger partial charge in [0.15, 0.2) is 0 Å². The summed E-state index contributed by atoms with van der Waals surface area (Å²) in [5.41, 5.74) is 2.99. The van der Waals surface area contributed by atoms with Crippen LogP contribution in [0.2, 0.25) is 0 Å². The Labute approximate surface area is 153 Å². The molecule has 2 aromatic heterocycles. The molecular weight excluding hydrogens is 326 g/mol. The maximum atomic E-state index is 13.4. The van der Waals surface area contributed by atoms with E-state index in [1.807, 2.05) is 40.8 Å². The van der Waals surface area contributed by atoms with Gasteiger partial charge < -0.3 is 18.8 Å². The lowest BCUT2D eigenvalue weighted by atomic mass is 10.0. The molecule has 3 heterocycles. The Kier molecular flexibility index (Phi) is 4.23. The van der Waals surface area contributed by atoms with Gasteiger partial charge in [-0.1, -0.05) is 13.3 Å². The highest BCUT2D eigenvalue weighted by molar-refractivity contribution is 5.99. The minimum absolute atomic E-state index is 0.105. The number of aryl methyl sites for hydroxylation is 1. The van der Waals surface area contributed by atoms with Gasteiger partial charge in [0.05, 0.1) is 18.7 Å². The molecule has 0 unspecified atom stereocenters. The molecular formula is C21H25N3O2. The quantitative estimate of drug-likeness (QED) is 0.713. The summed E-state index contributed by atoms with van der Waals surface area (Å²) in [6, 6.07) is 12.3. The van der Waals surface area contributed by atoms with Gasteiger partial charge in [0, 0.05) is 43.5 Å². The first kappa shape index (κ1) is 16.8. The van der Waals surface area contributed by atoms with Gasteiger partial charge in [-0.15, -0.1) is 0 Å². The zero-order chi connectivity index (χ0) is 18.3. The van der Waals surface area contributed by atoms with Crippen molar-refractivity contribution in [2.24, 2.45) is 7.05 Å². The normalized spacial score (nSPS) is 16.7. The number of carbonyl (C=O) groups is 1. The number of fused-ring (bicyclic) bond motifs is 2. The van der Waals surface area contributed by atoms with Crippen LogP contribution in [0.25, 0.3) is 10.9 Å². The smallest absolute Gasteiger partial charge is 0.271 e. The predicted octanol–water partition coefficient (Wildman–Crippen LogP) is 3.99. The number of hydrogen-bond donors (Lipinski definition) is 0. The molecule has 0 spiro atoms. The molecule has 3 aromatic rings. The molecule has 0 saturated carbocycles. The minimum Gasteiger partial charge on any atom is -0.497 e. The largest absolute Gasteiger partial charge is 0.497 e. The zero-order valence-corrected chi connectivity index (χ0v) is 15.6. The summed E-state index contributed by atoms with van der Waals surface area (Å²) < 4.78 is 9.59. The molecule has 1 amide bonds. The van der Waals surface area contributed by atoms with Gasteiger partial charge in [0.2, 0.25) is 0 Å². The topological polar surface area (TPSA) is 39.4 Å². The van der Waals surface area contributed by atoms with Crippen molar-refractivity contribution < 1.29 is 9.53 Å². The highest BCUT2D eigenvalue weighted by Gasteiger charge is 2.32. The number of methoxy groups -OCH3 is 1. The van der Waals surface area contributed by atoms with Crippen molar-refractivity contribution in [3.63, 3.8) is 0 Å². The summed E-state index contributed by atoms with van der Waals surface area (Å²) in [4.78, 5) is 15.5. The van der Waals surface area contributed by atoms with E-state index < -0.39 is 0 Å². The molecule has 1 atom stereocenters. The van der Waals surface area contributed by atoms with Gasteiger partial charge in [-0.3, -0.25) is 4.79 Å². The highest BCUT2D eigenvalue weighted by atomic mass is 16.5. The average Bonchev–Trinajstić information content (AvgIpc) is 3.26. The first-order valence-corrected chi connectivity index (χ1v) is 9.23. The van der Waals surface area contributed by atoms with Crippen LogP contribution < -0.4 is 4.74 Å². The van der Waals surface area contributed by atoms with Gasteiger partial charge in [-0.2, -0.15) is 0 Å². The molecule has 0 radical (unpaired) electrons. The Morgan fingerprint density at radius 3 is 2.85 bits per heavy atom. The third kappa shape index (κ3) is 2.59. The Hall–Kier alpha value is -2.69. The number of ether oxygens (including phenoxy) is 1. The van der Waals surface area contributed by atoms with Crippen LogP contribution in [0.5, 0.6) is 5.75 Å². The molecule has 4 rings (SSSR count). The van der Waals surface area contributed by atoms with Gasteiger partial charge in [-0.05, 0) is 36.8 Å². The fourth-order valence-corrected chi connectivity index (χ4v) is 4.07. The number of carbonyl (C=O) groups excluding carboxylic acids is 1. The van der Waals surface area contributed by atoms with E-state index in [-0.39, 0.29) is 11.9 Å². The van der Waals surface area contributed by atoms with Crippen LogP contribution in [0.15, 0.2) is 42.6 Å². The van der Waals surface area contributed by atoms with Crippen LogP contribution in [0.4, 0.5) is 0 Å². The van der Waals surface area contributed by atoms with Crippen molar-refractivity contribution in [1.82, 2.24) is 14.0 Å². The van der Waals surface area contributed by atoms with Crippen molar-refractivity contribution in [2.45, 2.75) is 32.4 Å². The number of nitrogens with zero attached hydrogens (tertiary/aromatic N) is 3. The maximum Gasteiger partial charge on any atom is 0.271 e. The summed E-state index contributed by atoms with van der Waals surface area (Å²) in [7, 11) is 3.62. The predicted molar refractivity (Wildman–Crippen MR) is 103 cm³/mol. The molecule has 1 aromatic carbocycles. The van der Waals surface area contributed by atoms with Crippen LogP contribution in [-0.2, 0) is 13.6 Å². The maximum absolute atomic E-state index is 13.4. The number of rotatable bonds is 4. The number of amides is 1. The lowest BCUT2D eigenvalue weighted by molar-refractivity contribution is 0.0601. The Morgan fingerprint density at radius 2 is 2.08 bits per heavy atom. The molecule has 5 nitrogen and oxygen atoms in total. The van der Waals surface area contributed by atoms with Crippen LogP contribution >= 0.6 is 0 Å². The first-order chi connectivity index (χ1) is 12.6. The molecule has 0 N–H and O–H groups in total. The van der Waals surface area contributed by atoms with E-state index in [0.29, 0.717) is 0 Å². The average molecular weight is 351 g/mol. The molecule has 136 valence electrons. The fourth-order valence-electron chi connectivity index (χ4n) is 4.07. The van der Waals surface area contributed by atoms with E-state index in [9.17, 15) is 4.79 Å². The molecule has 0 saturated heterocycles. The van der Waals surface area contributed by atoms with Crippen molar-refractivity contribution in [3.8, 4) is 5.75 Å². The number of hydrogen-bond acceptors (Lipinski definition) is 2. The van der Waals surface area contributed by atoms with E-state index in [1.54, 1.807) is 7.11 Å². The monoisotopic (exact) mass is 351 g/mol. The zero-order valence-electron chi connectivity index (χ0n) is 15.6. The molecule has 0 aliphatic carbocycles. The summed E-state index contributed by atoms with van der Waals surface area (Å²) in [6.07, 6.45) is 4.14. The molecule has 5 heteroatoms. The van der Waals surface area contributed by atoms with Crippen molar-refractivity contribution >= 4 is 16.8 Å². The summed E-state index contributed by atoms with van der Waals surface area (Å²) in [5.74, 6) is 0.908. The van der Waals surface area contributed by atoms with Gasteiger partial charge in [-0.25, -0.2) is 0 Å². The highest BCUT2D eigenvalue weighted by Crippen LogP contribution is 2.32. The van der Waals surface area contributed by atoms with E-state index in [4.69, 9.17) is 4.74 Å². The Balaban J connectivity index is 1.73. The lowest BCUT2D eigenvalue weighted by Gasteiger charge is -2.37. The van der Waals surface area contributed by atoms with Crippen LogP contribution in [-0.4, -0.2) is 33.6 Å². The molecule has 1 aliphatic heterocycles. The van der Waals surface area contributed by atoms with Crippen LogP contribution in [0.1, 0.15) is 42.0 Å². The van der Waals surface area contributed by atoms with E-state index in [1.165, 1.54) is 5.69 Å². The van der Waals surface area contributed by atoms with Crippen LogP contribution in [0, 0.1) is 0 Å². The van der Waals surface area contributed by atoms with Gasteiger partial charge >= 0.3 is 0 Å². The molecule has 0 bridgehead atoms. The lowest BCUT2D eigenvalue weighted by Crippen LogP contribution is -2.42. The standard InChI is InChI=1S/C21H25N3O2/c1-4-6-18-17-7-5-10-23(17)11-12-24(18)21(25)20-13-15-8-9-16(26-3)14-19(15)22(20)2/h5,7-10,13-14,18H,4,6,11-12H2,1-3H3/t18-/m0/s1.